The highest BCUT2D eigenvalue weighted by molar-refractivity contribution is 5.83. The number of hydrogen-bond donors (Lipinski definition) is 3. The standard InChI is InChI=1S/C16H18FN3O3/c17-13-5-3-12(4-6-13)7-8-18-16(22)20-11-15(21)19-10-14-2-1-9-23-14/h1-6,9H,7-8,10-11H2,(H,19,21)(H2,18,20,22). The molecule has 7 heteroatoms. The largest absolute Gasteiger partial charge is 0.467 e. The predicted octanol–water partition coefficient (Wildman–Crippen LogP) is 1.58. The van der Waals surface area contributed by atoms with Crippen LogP contribution in [-0.4, -0.2) is 25.0 Å². The molecule has 2 rings (SSSR count). The summed E-state index contributed by atoms with van der Waals surface area (Å²) in [5.41, 5.74) is 0.919. The second-order valence-corrected chi connectivity index (χ2v) is 4.84. The summed E-state index contributed by atoms with van der Waals surface area (Å²) in [6, 6.07) is 9.12. The molecule has 0 aliphatic heterocycles. The summed E-state index contributed by atoms with van der Waals surface area (Å²) >= 11 is 0. The molecule has 6 nitrogen and oxygen atoms in total. The fourth-order valence-electron chi connectivity index (χ4n) is 1.86. The van der Waals surface area contributed by atoms with E-state index in [0.717, 1.165) is 5.56 Å². The number of benzene rings is 1. The molecule has 0 fully saturated rings. The molecule has 1 aromatic heterocycles. The maximum absolute atomic E-state index is 12.7. The van der Waals surface area contributed by atoms with E-state index >= 15 is 0 Å². The van der Waals surface area contributed by atoms with Gasteiger partial charge in [0.05, 0.1) is 19.4 Å². The van der Waals surface area contributed by atoms with Crippen molar-refractivity contribution in [2.24, 2.45) is 0 Å². The maximum atomic E-state index is 12.7. The Morgan fingerprint density at radius 3 is 2.52 bits per heavy atom. The van der Waals surface area contributed by atoms with Crippen LogP contribution in [0.1, 0.15) is 11.3 Å². The molecule has 0 radical (unpaired) electrons. The van der Waals surface area contributed by atoms with Crippen molar-refractivity contribution < 1.29 is 18.4 Å². The van der Waals surface area contributed by atoms with Gasteiger partial charge in [-0.3, -0.25) is 4.79 Å². The van der Waals surface area contributed by atoms with Crippen LogP contribution in [0, 0.1) is 5.82 Å². The van der Waals surface area contributed by atoms with Crippen molar-refractivity contribution in [3.63, 3.8) is 0 Å². The molecule has 0 saturated heterocycles. The molecule has 1 heterocycles. The zero-order valence-corrected chi connectivity index (χ0v) is 12.5. The highest BCUT2D eigenvalue weighted by atomic mass is 19.1. The van der Waals surface area contributed by atoms with Crippen molar-refractivity contribution in [3.05, 3.63) is 59.8 Å². The summed E-state index contributed by atoms with van der Waals surface area (Å²) in [6.45, 7) is 0.550. The fraction of sp³-hybridized carbons (Fsp3) is 0.250. The van der Waals surface area contributed by atoms with Gasteiger partial charge in [-0.2, -0.15) is 0 Å². The van der Waals surface area contributed by atoms with E-state index in [-0.39, 0.29) is 24.8 Å². The van der Waals surface area contributed by atoms with E-state index in [4.69, 9.17) is 4.42 Å². The number of furan rings is 1. The molecule has 122 valence electrons. The van der Waals surface area contributed by atoms with E-state index in [1.807, 2.05) is 0 Å². The average Bonchev–Trinajstić information content (AvgIpc) is 3.06. The Labute approximate surface area is 133 Å². The molecule has 0 saturated carbocycles. The van der Waals surface area contributed by atoms with Crippen LogP contribution in [0.5, 0.6) is 0 Å². The number of rotatable bonds is 7. The summed E-state index contributed by atoms with van der Waals surface area (Å²) in [6.07, 6.45) is 2.10. The second kappa shape index (κ2) is 8.57. The lowest BCUT2D eigenvalue weighted by atomic mass is 10.1. The smallest absolute Gasteiger partial charge is 0.315 e. The zero-order chi connectivity index (χ0) is 16.5. The Morgan fingerprint density at radius 1 is 1.04 bits per heavy atom. The first-order chi connectivity index (χ1) is 11.1. The van der Waals surface area contributed by atoms with Crippen LogP contribution in [0.4, 0.5) is 9.18 Å². The second-order valence-electron chi connectivity index (χ2n) is 4.84. The highest BCUT2D eigenvalue weighted by Gasteiger charge is 2.05. The summed E-state index contributed by atoms with van der Waals surface area (Å²) in [7, 11) is 0. The van der Waals surface area contributed by atoms with E-state index in [0.29, 0.717) is 18.7 Å². The lowest BCUT2D eigenvalue weighted by Gasteiger charge is -2.08. The van der Waals surface area contributed by atoms with Gasteiger partial charge in [-0.15, -0.1) is 0 Å². The quantitative estimate of drug-likeness (QED) is 0.724. The van der Waals surface area contributed by atoms with Crippen molar-refractivity contribution in [1.82, 2.24) is 16.0 Å². The van der Waals surface area contributed by atoms with Crippen LogP contribution in [-0.2, 0) is 17.8 Å². The third-order valence-electron chi connectivity index (χ3n) is 3.06. The predicted molar refractivity (Wildman–Crippen MR) is 82.1 cm³/mol. The number of nitrogens with one attached hydrogen (secondary N) is 3. The van der Waals surface area contributed by atoms with E-state index in [9.17, 15) is 14.0 Å². The van der Waals surface area contributed by atoms with Crippen LogP contribution < -0.4 is 16.0 Å². The van der Waals surface area contributed by atoms with Gasteiger partial charge in [-0.1, -0.05) is 12.1 Å². The van der Waals surface area contributed by atoms with Gasteiger partial charge < -0.3 is 20.4 Å². The molecule has 0 spiro atoms. The number of carbonyl (C=O) groups excluding carboxylic acids is 2. The Bertz CT molecular complexity index is 627. The van der Waals surface area contributed by atoms with Gasteiger partial charge in [0.1, 0.15) is 11.6 Å². The minimum Gasteiger partial charge on any atom is -0.467 e. The van der Waals surface area contributed by atoms with Crippen LogP contribution in [0.3, 0.4) is 0 Å². The summed E-state index contributed by atoms with van der Waals surface area (Å²) in [5.74, 6) is 0.0391. The Kier molecular flexibility index (Phi) is 6.17. The third kappa shape index (κ3) is 6.21. The minimum atomic E-state index is -0.430. The van der Waals surface area contributed by atoms with Gasteiger partial charge in [0.25, 0.3) is 0 Å². The summed E-state index contributed by atoms with van der Waals surface area (Å²) in [5, 5.41) is 7.70. The topological polar surface area (TPSA) is 83.4 Å². The maximum Gasteiger partial charge on any atom is 0.315 e. The molecule has 0 atom stereocenters. The Morgan fingerprint density at radius 2 is 1.83 bits per heavy atom. The first-order valence-electron chi connectivity index (χ1n) is 7.19. The van der Waals surface area contributed by atoms with Crippen molar-refractivity contribution >= 4 is 11.9 Å². The number of amides is 3. The van der Waals surface area contributed by atoms with Gasteiger partial charge in [0.15, 0.2) is 0 Å². The Balaban J connectivity index is 1.57. The molecule has 3 N–H and O–H groups in total. The lowest BCUT2D eigenvalue weighted by Crippen LogP contribution is -2.42. The molecule has 0 aliphatic carbocycles. The van der Waals surface area contributed by atoms with Crippen LogP contribution in [0.25, 0.3) is 0 Å². The van der Waals surface area contributed by atoms with Gasteiger partial charge in [-0.25, -0.2) is 9.18 Å². The van der Waals surface area contributed by atoms with Crippen LogP contribution in [0.15, 0.2) is 47.1 Å². The molecule has 23 heavy (non-hydrogen) atoms. The number of carbonyl (C=O) groups is 2. The third-order valence-corrected chi connectivity index (χ3v) is 3.06. The monoisotopic (exact) mass is 319 g/mol. The van der Waals surface area contributed by atoms with Crippen LogP contribution in [0.2, 0.25) is 0 Å². The van der Waals surface area contributed by atoms with Crippen molar-refractivity contribution in [2.75, 3.05) is 13.1 Å². The molecule has 0 unspecified atom stereocenters. The van der Waals surface area contributed by atoms with E-state index in [1.54, 1.807) is 24.3 Å². The molecular formula is C16H18FN3O3. The first-order valence-corrected chi connectivity index (χ1v) is 7.19. The summed E-state index contributed by atoms with van der Waals surface area (Å²) in [4.78, 5) is 23.1. The number of hydrogen-bond acceptors (Lipinski definition) is 3. The molecule has 0 aliphatic rings. The number of halogens is 1. The molecule has 0 bridgehead atoms. The average molecular weight is 319 g/mol. The molecular weight excluding hydrogens is 301 g/mol. The van der Waals surface area contributed by atoms with Gasteiger partial charge in [-0.05, 0) is 36.2 Å². The Hall–Kier alpha value is -2.83. The first kappa shape index (κ1) is 16.5. The zero-order valence-electron chi connectivity index (χ0n) is 12.5. The van der Waals surface area contributed by atoms with Crippen molar-refractivity contribution in [1.29, 1.82) is 0 Å². The van der Waals surface area contributed by atoms with Crippen LogP contribution >= 0.6 is 0 Å². The molecule has 2 aromatic rings. The normalized spacial score (nSPS) is 10.1. The lowest BCUT2D eigenvalue weighted by molar-refractivity contribution is -0.120. The molecule has 1 aromatic carbocycles. The fourth-order valence-corrected chi connectivity index (χ4v) is 1.86. The van der Waals surface area contributed by atoms with E-state index in [2.05, 4.69) is 16.0 Å². The number of urea groups is 1. The van der Waals surface area contributed by atoms with Crippen molar-refractivity contribution in [2.45, 2.75) is 13.0 Å². The van der Waals surface area contributed by atoms with Gasteiger partial charge in [0.2, 0.25) is 5.91 Å². The van der Waals surface area contributed by atoms with Gasteiger partial charge >= 0.3 is 6.03 Å². The summed E-state index contributed by atoms with van der Waals surface area (Å²) < 4.78 is 17.8. The van der Waals surface area contributed by atoms with Gasteiger partial charge in [0, 0.05) is 6.54 Å². The van der Waals surface area contributed by atoms with E-state index in [1.165, 1.54) is 18.4 Å². The SMILES string of the molecule is O=C(CNC(=O)NCCc1ccc(F)cc1)NCc1ccco1. The van der Waals surface area contributed by atoms with E-state index < -0.39 is 6.03 Å². The molecule has 3 amide bonds. The minimum absolute atomic E-state index is 0.122. The van der Waals surface area contributed by atoms with Crippen molar-refractivity contribution in [3.8, 4) is 0 Å². The highest BCUT2D eigenvalue weighted by Crippen LogP contribution is 2.02.